The zero-order valence-corrected chi connectivity index (χ0v) is 10.5. The maximum absolute atomic E-state index is 3.68. The lowest BCUT2D eigenvalue weighted by Gasteiger charge is -2.15. The number of thiophene rings is 1. The van der Waals surface area contributed by atoms with Gasteiger partial charge in [0.25, 0.3) is 0 Å². The number of likely N-dealkylation sites (tertiary alicyclic amines) is 1. The first-order valence-electron chi connectivity index (χ1n) is 6.38. The molecule has 1 unspecified atom stereocenters. The molecular formula is C13H20N2S. The van der Waals surface area contributed by atoms with Gasteiger partial charge in [0.1, 0.15) is 0 Å². The lowest BCUT2D eigenvalue weighted by atomic mass is 10.2. The molecule has 0 spiro atoms. The second-order valence-electron chi connectivity index (χ2n) is 5.15. The van der Waals surface area contributed by atoms with Crippen LogP contribution in [-0.4, -0.2) is 30.6 Å². The molecule has 16 heavy (non-hydrogen) atoms. The Morgan fingerprint density at radius 2 is 2.31 bits per heavy atom. The van der Waals surface area contributed by atoms with Crippen molar-refractivity contribution in [3.63, 3.8) is 0 Å². The molecule has 1 aliphatic carbocycles. The van der Waals surface area contributed by atoms with E-state index >= 15 is 0 Å². The number of rotatable bonds is 5. The van der Waals surface area contributed by atoms with E-state index in [0.717, 1.165) is 18.5 Å². The lowest BCUT2D eigenvalue weighted by Crippen LogP contribution is -2.32. The number of hydrogen-bond donors (Lipinski definition) is 1. The lowest BCUT2D eigenvalue weighted by molar-refractivity contribution is 0.314. The minimum atomic E-state index is 0.723. The highest BCUT2D eigenvalue weighted by molar-refractivity contribution is 7.09. The second-order valence-corrected chi connectivity index (χ2v) is 6.18. The van der Waals surface area contributed by atoms with Crippen molar-refractivity contribution in [3.05, 3.63) is 22.4 Å². The maximum Gasteiger partial charge on any atom is 0.0302 e. The Bertz CT molecular complexity index is 319. The van der Waals surface area contributed by atoms with Gasteiger partial charge < -0.3 is 10.2 Å². The van der Waals surface area contributed by atoms with E-state index in [-0.39, 0.29) is 0 Å². The fourth-order valence-corrected chi connectivity index (χ4v) is 3.14. The van der Waals surface area contributed by atoms with E-state index in [9.17, 15) is 0 Å². The van der Waals surface area contributed by atoms with Gasteiger partial charge in [-0.1, -0.05) is 6.07 Å². The van der Waals surface area contributed by atoms with Gasteiger partial charge in [-0.3, -0.25) is 0 Å². The standard InChI is InChI=1S/C13H20N2S/c1-2-13(16-7-1)8-14-12-5-6-15(10-12)9-11-3-4-11/h1-2,7,11-12,14H,3-6,8-10H2. The van der Waals surface area contributed by atoms with Crippen LogP contribution in [0.1, 0.15) is 24.1 Å². The summed E-state index contributed by atoms with van der Waals surface area (Å²) in [6, 6.07) is 5.07. The third kappa shape index (κ3) is 2.84. The van der Waals surface area contributed by atoms with E-state index in [2.05, 4.69) is 27.7 Å². The molecule has 0 amide bonds. The molecule has 0 aromatic carbocycles. The van der Waals surface area contributed by atoms with Crippen LogP contribution in [0.4, 0.5) is 0 Å². The van der Waals surface area contributed by atoms with E-state index in [1.165, 1.54) is 43.8 Å². The van der Waals surface area contributed by atoms with Gasteiger partial charge in [0.15, 0.2) is 0 Å². The topological polar surface area (TPSA) is 15.3 Å². The van der Waals surface area contributed by atoms with E-state index < -0.39 is 0 Å². The first-order chi connectivity index (χ1) is 7.90. The predicted molar refractivity (Wildman–Crippen MR) is 68.7 cm³/mol. The van der Waals surface area contributed by atoms with Crippen molar-refractivity contribution < 1.29 is 0 Å². The Labute approximate surface area is 102 Å². The third-order valence-corrected chi connectivity index (χ3v) is 4.51. The van der Waals surface area contributed by atoms with Crippen LogP contribution in [-0.2, 0) is 6.54 Å². The zero-order valence-electron chi connectivity index (χ0n) is 9.69. The van der Waals surface area contributed by atoms with Crippen molar-refractivity contribution in [1.82, 2.24) is 10.2 Å². The molecule has 1 saturated carbocycles. The van der Waals surface area contributed by atoms with Gasteiger partial charge in [0.2, 0.25) is 0 Å². The highest BCUT2D eigenvalue weighted by Gasteiger charge is 2.28. The van der Waals surface area contributed by atoms with Crippen molar-refractivity contribution >= 4 is 11.3 Å². The van der Waals surface area contributed by atoms with Crippen molar-refractivity contribution in [1.29, 1.82) is 0 Å². The third-order valence-electron chi connectivity index (χ3n) is 3.63. The number of nitrogens with one attached hydrogen (secondary N) is 1. The molecule has 3 heteroatoms. The van der Waals surface area contributed by atoms with Crippen LogP contribution in [0.15, 0.2) is 17.5 Å². The summed E-state index contributed by atoms with van der Waals surface area (Å²) in [4.78, 5) is 4.10. The van der Waals surface area contributed by atoms with Crippen molar-refractivity contribution in [2.24, 2.45) is 5.92 Å². The molecule has 2 nitrogen and oxygen atoms in total. The van der Waals surface area contributed by atoms with Crippen LogP contribution in [0, 0.1) is 5.92 Å². The van der Waals surface area contributed by atoms with E-state index in [1.807, 2.05) is 11.3 Å². The molecule has 1 aromatic rings. The summed E-state index contributed by atoms with van der Waals surface area (Å²) < 4.78 is 0. The summed E-state index contributed by atoms with van der Waals surface area (Å²) in [6.45, 7) is 4.98. The SMILES string of the molecule is c1csc(CNC2CCN(CC3CC3)C2)c1. The van der Waals surface area contributed by atoms with E-state index in [1.54, 1.807) is 0 Å². The molecule has 0 radical (unpaired) electrons. The monoisotopic (exact) mass is 236 g/mol. The van der Waals surface area contributed by atoms with Crippen LogP contribution in [0.25, 0.3) is 0 Å². The maximum atomic E-state index is 3.68. The molecule has 1 atom stereocenters. The molecule has 0 bridgehead atoms. The fraction of sp³-hybridized carbons (Fsp3) is 0.692. The predicted octanol–water partition coefficient (Wildman–Crippen LogP) is 2.32. The van der Waals surface area contributed by atoms with Crippen LogP contribution in [0.5, 0.6) is 0 Å². The smallest absolute Gasteiger partial charge is 0.0302 e. The Morgan fingerprint density at radius 1 is 1.38 bits per heavy atom. The molecule has 88 valence electrons. The minimum absolute atomic E-state index is 0.723. The molecule has 1 saturated heterocycles. The first-order valence-corrected chi connectivity index (χ1v) is 7.26. The fourth-order valence-electron chi connectivity index (χ4n) is 2.49. The summed E-state index contributed by atoms with van der Waals surface area (Å²) >= 11 is 1.85. The highest BCUT2D eigenvalue weighted by atomic mass is 32.1. The highest BCUT2D eigenvalue weighted by Crippen LogP contribution is 2.30. The molecule has 3 rings (SSSR count). The Morgan fingerprint density at radius 3 is 3.06 bits per heavy atom. The van der Waals surface area contributed by atoms with Crippen molar-refractivity contribution in [3.8, 4) is 0 Å². The summed E-state index contributed by atoms with van der Waals surface area (Å²) in [7, 11) is 0. The van der Waals surface area contributed by atoms with Crippen LogP contribution < -0.4 is 5.32 Å². The first kappa shape index (κ1) is 10.8. The average Bonchev–Trinajstić information content (AvgIpc) is 2.81. The minimum Gasteiger partial charge on any atom is -0.308 e. The second kappa shape index (κ2) is 4.86. The largest absolute Gasteiger partial charge is 0.308 e. The summed E-state index contributed by atoms with van der Waals surface area (Å²) in [5.41, 5.74) is 0. The molecule has 2 fully saturated rings. The van der Waals surface area contributed by atoms with E-state index in [0.29, 0.717) is 0 Å². The Hall–Kier alpha value is -0.380. The molecule has 2 aliphatic rings. The van der Waals surface area contributed by atoms with Gasteiger partial charge >= 0.3 is 0 Å². The Kier molecular flexibility index (Phi) is 3.27. The molecular weight excluding hydrogens is 216 g/mol. The number of nitrogens with zero attached hydrogens (tertiary/aromatic N) is 1. The van der Waals surface area contributed by atoms with Gasteiger partial charge in [0, 0.05) is 30.6 Å². The van der Waals surface area contributed by atoms with Crippen LogP contribution in [0.2, 0.25) is 0 Å². The quantitative estimate of drug-likeness (QED) is 0.844. The molecule has 1 N–H and O–H groups in total. The van der Waals surface area contributed by atoms with Crippen molar-refractivity contribution in [2.75, 3.05) is 19.6 Å². The number of hydrogen-bond acceptors (Lipinski definition) is 3. The average molecular weight is 236 g/mol. The van der Waals surface area contributed by atoms with Gasteiger partial charge in [-0.2, -0.15) is 0 Å². The molecule has 2 heterocycles. The van der Waals surface area contributed by atoms with Crippen LogP contribution >= 0.6 is 11.3 Å². The van der Waals surface area contributed by atoms with E-state index in [4.69, 9.17) is 0 Å². The van der Waals surface area contributed by atoms with Gasteiger partial charge in [-0.15, -0.1) is 11.3 Å². The summed E-state index contributed by atoms with van der Waals surface area (Å²) in [5.74, 6) is 1.04. The summed E-state index contributed by atoms with van der Waals surface area (Å²) in [5, 5.41) is 5.83. The van der Waals surface area contributed by atoms with Crippen molar-refractivity contribution in [2.45, 2.75) is 31.8 Å². The van der Waals surface area contributed by atoms with Gasteiger partial charge in [-0.05, 0) is 43.2 Å². The molecule has 1 aliphatic heterocycles. The van der Waals surface area contributed by atoms with Gasteiger partial charge in [-0.25, -0.2) is 0 Å². The zero-order chi connectivity index (χ0) is 10.8. The normalized spacial score (nSPS) is 26.4. The molecule has 1 aromatic heterocycles. The van der Waals surface area contributed by atoms with Crippen LogP contribution in [0.3, 0.4) is 0 Å². The summed E-state index contributed by atoms with van der Waals surface area (Å²) in [6.07, 6.45) is 4.28. The van der Waals surface area contributed by atoms with Gasteiger partial charge in [0.05, 0.1) is 0 Å². The Balaban J connectivity index is 1.39.